The number of fused-ring (bicyclic) bond motifs is 8. The molecule has 12 rings (SSSR count). The van der Waals surface area contributed by atoms with E-state index in [0.29, 0.717) is 0 Å². The zero-order chi connectivity index (χ0) is 52.7. The Labute approximate surface area is 447 Å². The van der Waals surface area contributed by atoms with Crippen molar-refractivity contribution in [1.29, 1.82) is 0 Å². The zero-order valence-corrected chi connectivity index (χ0v) is 46.6. The summed E-state index contributed by atoms with van der Waals surface area (Å²) in [5, 5.41) is 2.44. The van der Waals surface area contributed by atoms with E-state index < -0.39 is 0 Å². The molecule has 0 spiro atoms. The maximum atomic E-state index is 7.30. The molecule has 9 aromatic rings. The van der Waals surface area contributed by atoms with Crippen molar-refractivity contribution < 1.29 is 4.74 Å². The SMILES string of the molecule is CC(C)(C)c1ccc(N(c2ccc(C(C)(C)C)cc2)c2cc(N3c4ccc(C(C)(C)C)cc4B4c5cc(C(C)(C)C)ccc5Oc5cc(-c6ccc7ccccc7c6)cc3c54)cc3c2-c2ccccc2C3(C)C)cc1. The lowest BCUT2D eigenvalue weighted by atomic mass is 9.33. The third kappa shape index (κ3) is 8.10. The Morgan fingerprint density at radius 2 is 1.00 bits per heavy atom. The molecule has 0 bridgehead atoms. The molecule has 2 aliphatic heterocycles. The summed E-state index contributed by atoms with van der Waals surface area (Å²) >= 11 is 0. The Hall–Kier alpha value is -7.30. The summed E-state index contributed by atoms with van der Waals surface area (Å²) in [6, 6.07) is 67.4. The lowest BCUT2D eigenvalue weighted by molar-refractivity contribution is 0.486. The van der Waals surface area contributed by atoms with Gasteiger partial charge in [0.1, 0.15) is 11.5 Å². The van der Waals surface area contributed by atoms with Crippen LogP contribution >= 0.6 is 0 Å². The number of hydrogen-bond donors (Lipinski definition) is 0. The van der Waals surface area contributed by atoms with Crippen molar-refractivity contribution in [1.82, 2.24) is 0 Å². The van der Waals surface area contributed by atoms with Crippen molar-refractivity contribution in [2.75, 3.05) is 9.80 Å². The normalized spacial score (nSPS) is 14.4. The summed E-state index contributed by atoms with van der Waals surface area (Å²) in [7, 11) is 0. The molecule has 0 N–H and O–H groups in total. The summed E-state index contributed by atoms with van der Waals surface area (Å²) in [6.45, 7) is 32.5. The molecule has 0 amide bonds. The van der Waals surface area contributed by atoms with Crippen LogP contribution < -0.4 is 30.9 Å². The molecule has 0 fully saturated rings. The number of rotatable bonds is 5. The first kappa shape index (κ1) is 48.6. The maximum Gasteiger partial charge on any atom is 0.256 e. The molecule has 1 aliphatic carbocycles. The molecule has 2 heterocycles. The van der Waals surface area contributed by atoms with E-state index in [1.165, 1.54) is 77.4 Å². The number of benzene rings is 9. The van der Waals surface area contributed by atoms with Crippen LogP contribution in [0.1, 0.15) is 130 Å². The van der Waals surface area contributed by atoms with E-state index in [0.717, 1.165) is 51.1 Å². The fraction of sp³-hybridized carbons (Fsp3) is 0.268. The summed E-state index contributed by atoms with van der Waals surface area (Å²) in [5.41, 5.74) is 22.9. The molecule has 0 saturated carbocycles. The predicted molar refractivity (Wildman–Crippen MR) is 322 cm³/mol. The van der Waals surface area contributed by atoms with Gasteiger partial charge < -0.3 is 14.5 Å². The van der Waals surface area contributed by atoms with Gasteiger partial charge in [0.2, 0.25) is 0 Å². The van der Waals surface area contributed by atoms with Gasteiger partial charge >= 0.3 is 0 Å². The number of nitrogens with zero attached hydrogens (tertiary/aromatic N) is 2. The number of anilines is 6. The minimum Gasteiger partial charge on any atom is -0.458 e. The van der Waals surface area contributed by atoms with Gasteiger partial charge in [0.15, 0.2) is 0 Å². The first-order valence-corrected chi connectivity index (χ1v) is 27.2. The highest BCUT2D eigenvalue weighted by atomic mass is 16.5. The minimum absolute atomic E-state index is 0.00722. The summed E-state index contributed by atoms with van der Waals surface area (Å²) in [4.78, 5) is 5.13. The van der Waals surface area contributed by atoms with Crippen LogP contribution in [-0.4, -0.2) is 6.71 Å². The second-order valence-electron chi connectivity index (χ2n) is 26.4. The molecule has 4 heteroatoms. The lowest BCUT2D eigenvalue weighted by Gasteiger charge is -2.42. The maximum absolute atomic E-state index is 7.30. The largest absolute Gasteiger partial charge is 0.458 e. The van der Waals surface area contributed by atoms with Gasteiger partial charge in [-0.25, -0.2) is 0 Å². The summed E-state index contributed by atoms with van der Waals surface area (Å²) in [5.74, 6) is 1.83. The Kier molecular flexibility index (Phi) is 10.9. The van der Waals surface area contributed by atoms with Crippen LogP contribution in [0.4, 0.5) is 34.1 Å². The van der Waals surface area contributed by atoms with Crippen LogP contribution in [-0.2, 0) is 27.1 Å². The number of ether oxygens (including phenoxy) is 1. The van der Waals surface area contributed by atoms with E-state index in [2.05, 4.69) is 283 Å². The van der Waals surface area contributed by atoms with Gasteiger partial charge in [0.25, 0.3) is 6.71 Å². The Morgan fingerprint density at radius 3 is 1.63 bits per heavy atom. The smallest absolute Gasteiger partial charge is 0.256 e. The standard InChI is InChI=1S/C71H71BN2O/c1-67(2,3)48-25-31-52(32-26-48)73(53-33-27-49(28-34-53)68(4,5)6)61-43-54(42-57-65(61)55-21-17-18-22-56(55)71(57,13)14)74-60-35-29-50(69(7,8)9)40-58(60)72-59-41-51(70(10,11)12)30-36-63(59)75-64-39-47(38-62(74)66(64)72)46-24-23-44-19-15-16-20-45(44)37-46/h15-43H,1-14H3. The van der Waals surface area contributed by atoms with Gasteiger partial charge in [-0.05, 0) is 166 Å². The fourth-order valence-corrected chi connectivity index (χ4v) is 12.2. The average molecular weight is 979 g/mol. The molecule has 3 nitrogen and oxygen atoms in total. The highest BCUT2D eigenvalue weighted by Gasteiger charge is 2.45. The summed E-state index contributed by atoms with van der Waals surface area (Å²) < 4.78 is 7.30. The first-order chi connectivity index (χ1) is 35.4. The molecule has 374 valence electrons. The van der Waals surface area contributed by atoms with Crippen molar-refractivity contribution in [3.8, 4) is 33.8 Å². The van der Waals surface area contributed by atoms with E-state index in [1.54, 1.807) is 0 Å². The molecule has 75 heavy (non-hydrogen) atoms. The molecule has 0 atom stereocenters. The molecule has 0 unspecified atom stereocenters. The molecule has 9 aromatic carbocycles. The van der Waals surface area contributed by atoms with Gasteiger partial charge in [0.05, 0.1) is 5.69 Å². The third-order valence-electron chi connectivity index (χ3n) is 16.7. The van der Waals surface area contributed by atoms with Crippen molar-refractivity contribution in [3.63, 3.8) is 0 Å². The minimum atomic E-state index is -0.302. The monoisotopic (exact) mass is 979 g/mol. The molecule has 0 aromatic heterocycles. The van der Waals surface area contributed by atoms with Gasteiger partial charge in [-0.1, -0.05) is 206 Å². The lowest BCUT2D eigenvalue weighted by Crippen LogP contribution is -2.60. The van der Waals surface area contributed by atoms with Crippen molar-refractivity contribution in [2.45, 2.75) is 124 Å². The molecule has 0 radical (unpaired) electrons. The van der Waals surface area contributed by atoms with E-state index in [9.17, 15) is 0 Å². The fourth-order valence-electron chi connectivity index (χ4n) is 12.2. The van der Waals surface area contributed by atoms with Crippen molar-refractivity contribution >= 4 is 68.0 Å². The second kappa shape index (κ2) is 16.9. The van der Waals surface area contributed by atoms with Crippen LogP contribution in [0.2, 0.25) is 0 Å². The Morgan fingerprint density at radius 1 is 0.440 bits per heavy atom. The van der Waals surface area contributed by atoms with Gasteiger partial charge in [-0.15, -0.1) is 0 Å². The Bertz CT molecular complexity index is 3700. The molecular weight excluding hydrogens is 908 g/mol. The van der Waals surface area contributed by atoms with Crippen LogP contribution in [0, 0.1) is 0 Å². The van der Waals surface area contributed by atoms with Crippen molar-refractivity contribution in [3.05, 3.63) is 209 Å². The predicted octanol–water partition coefficient (Wildman–Crippen LogP) is 17.9. The van der Waals surface area contributed by atoms with Gasteiger partial charge in [-0.3, -0.25) is 0 Å². The highest BCUT2D eigenvalue weighted by Crippen LogP contribution is 2.57. The topological polar surface area (TPSA) is 15.7 Å². The van der Waals surface area contributed by atoms with Gasteiger partial charge in [-0.2, -0.15) is 0 Å². The average Bonchev–Trinajstić information content (AvgIpc) is 3.64. The Balaban J connectivity index is 1.18. The second-order valence-corrected chi connectivity index (χ2v) is 26.4. The van der Waals surface area contributed by atoms with Crippen LogP contribution in [0.25, 0.3) is 33.0 Å². The molecular formula is C71H71BN2O. The number of hydrogen-bond acceptors (Lipinski definition) is 3. The van der Waals surface area contributed by atoms with Crippen molar-refractivity contribution in [2.24, 2.45) is 0 Å². The van der Waals surface area contributed by atoms with E-state index in [1.807, 2.05) is 0 Å². The molecule has 3 aliphatic rings. The van der Waals surface area contributed by atoms with Crippen LogP contribution in [0.5, 0.6) is 11.5 Å². The van der Waals surface area contributed by atoms with E-state index in [4.69, 9.17) is 4.74 Å². The first-order valence-electron chi connectivity index (χ1n) is 27.2. The summed E-state index contributed by atoms with van der Waals surface area (Å²) in [6.07, 6.45) is 0. The third-order valence-corrected chi connectivity index (χ3v) is 16.7. The quantitative estimate of drug-likeness (QED) is 0.160. The molecule has 0 saturated heterocycles. The van der Waals surface area contributed by atoms with Crippen LogP contribution in [0.15, 0.2) is 176 Å². The zero-order valence-electron chi connectivity index (χ0n) is 46.6. The van der Waals surface area contributed by atoms with E-state index in [-0.39, 0.29) is 33.8 Å². The van der Waals surface area contributed by atoms with Crippen LogP contribution in [0.3, 0.4) is 0 Å². The van der Waals surface area contributed by atoms with Gasteiger partial charge in [0, 0.05) is 39.4 Å². The van der Waals surface area contributed by atoms with E-state index >= 15 is 0 Å². The highest BCUT2D eigenvalue weighted by molar-refractivity contribution is 6.99.